The Balaban J connectivity index is 1.19. The lowest BCUT2D eigenvalue weighted by Gasteiger charge is -2.48. The number of hydrogen-bond donors (Lipinski definition) is 0. The summed E-state index contributed by atoms with van der Waals surface area (Å²) in [6, 6.07) is 13.6. The molecule has 0 bridgehead atoms. The van der Waals surface area contributed by atoms with Gasteiger partial charge >= 0.3 is 6.09 Å². The van der Waals surface area contributed by atoms with Gasteiger partial charge in [-0.1, -0.05) is 29.8 Å². The van der Waals surface area contributed by atoms with Crippen LogP contribution in [0.5, 0.6) is 0 Å². The van der Waals surface area contributed by atoms with Crippen molar-refractivity contribution >= 4 is 11.9 Å². The van der Waals surface area contributed by atoms with E-state index in [1.807, 2.05) is 24.1 Å². The van der Waals surface area contributed by atoms with Gasteiger partial charge in [-0.2, -0.15) is 0 Å². The van der Waals surface area contributed by atoms with Crippen LogP contribution in [0.25, 0.3) is 11.1 Å². The molecule has 0 radical (unpaired) electrons. The molecule has 6 heteroatoms. The fourth-order valence-corrected chi connectivity index (χ4v) is 5.87. The van der Waals surface area contributed by atoms with Gasteiger partial charge in [0.2, 0.25) is 0 Å². The second kappa shape index (κ2) is 8.74. The highest BCUT2D eigenvalue weighted by Crippen LogP contribution is 2.47. The molecular weight excluding hydrogens is 400 g/mol. The van der Waals surface area contributed by atoms with E-state index in [2.05, 4.69) is 47.1 Å². The van der Waals surface area contributed by atoms with Gasteiger partial charge in [-0.3, -0.25) is 4.90 Å². The smallest absolute Gasteiger partial charge is 0.409 e. The molecule has 1 aromatic carbocycles. The van der Waals surface area contributed by atoms with E-state index >= 15 is 0 Å². The van der Waals surface area contributed by atoms with Crippen LogP contribution in [0.2, 0.25) is 0 Å². The molecule has 0 unspecified atom stereocenters. The normalized spacial score (nSPS) is 22.8. The minimum atomic E-state index is -0.144. The van der Waals surface area contributed by atoms with Crippen molar-refractivity contribution in [3.05, 3.63) is 48.2 Å². The number of aryl methyl sites for hydroxylation is 1. The fourth-order valence-electron chi connectivity index (χ4n) is 5.87. The van der Waals surface area contributed by atoms with E-state index in [0.717, 1.165) is 45.1 Å². The summed E-state index contributed by atoms with van der Waals surface area (Å²) in [4.78, 5) is 23.7. The van der Waals surface area contributed by atoms with Crippen LogP contribution in [0.1, 0.15) is 31.7 Å². The Kier molecular flexibility index (Phi) is 5.80. The summed E-state index contributed by atoms with van der Waals surface area (Å²) in [5.74, 6) is 1.10. The molecule has 170 valence electrons. The molecule has 1 saturated carbocycles. The maximum atomic E-state index is 11.9. The first kappa shape index (κ1) is 21.3. The molecule has 2 aliphatic heterocycles. The lowest BCUT2D eigenvalue weighted by atomic mass is 9.78. The van der Waals surface area contributed by atoms with Gasteiger partial charge in [-0.15, -0.1) is 0 Å². The average molecular weight is 435 g/mol. The zero-order valence-corrected chi connectivity index (χ0v) is 19.3. The maximum Gasteiger partial charge on any atom is 0.409 e. The summed E-state index contributed by atoms with van der Waals surface area (Å²) in [7, 11) is 0. The van der Waals surface area contributed by atoms with E-state index < -0.39 is 0 Å². The third-order valence-electron chi connectivity index (χ3n) is 7.50. The summed E-state index contributed by atoms with van der Waals surface area (Å²) in [5, 5.41) is 0. The Hall–Kier alpha value is -2.60. The zero-order valence-electron chi connectivity index (χ0n) is 19.3. The number of pyridine rings is 1. The molecule has 1 aromatic heterocycles. The van der Waals surface area contributed by atoms with Gasteiger partial charge in [0, 0.05) is 62.5 Å². The number of anilines is 1. The number of carbonyl (C=O) groups is 1. The second-order valence-electron chi connectivity index (χ2n) is 9.72. The van der Waals surface area contributed by atoms with E-state index in [9.17, 15) is 4.79 Å². The van der Waals surface area contributed by atoms with Gasteiger partial charge in [-0.05, 0) is 50.8 Å². The SMILES string of the molecule is CCOC(=O)N1CC2(CC[C@@H](N3CCN(c4ncccc4-c4cccc(C)c4)CC3)C2)C1. The van der Waals surface area contributed by atoms with Crippen LogP contribution in [0.15, 0.2) is 42.6 Å². The lowest BCUT2D eigenvalue weighted by Crippen LogP contribution is -2.58. The first-order valence-electron chi connectivity index (χ1n) is 12.0. The molecule has 2 aromatic rings. The summed E-state index contributed by atoms with van der Waals surface area (Å²) >= 11 is 0. The Morgan fingerprint density at radius 3 is 2.72 bits per heavy atom. The van der Waals surface area contributed by atoms with E-state index in [-0.39, 0.29) is 6.09 Å². The minimum absolute atomic E-state index is 0.144. The fraction of sp³-hybridized carbons (Fsp3) is 0.538. The third-order valence-corrected chi connectivity index (χ3v) is 7.50. The highest BCUT2D eigenvalue weighted by atomic mass is 16.6. The third kappa shape index (κ3) is 4.08. The molecule has 1 aliphatic carbocycles. The molecule has 3 heterocycles. The first-order chi connectivity index (χ1) is 15.6. The van der Waals surface area contributed by atoms with Gasteiger partial charge in [0.15, 0.2) is 0 Å². The Morgan fingerprint density at radius 2 is 1.97 bits per heavy atom. The predicted octanol–water partition coefficient (Wildman–Crippen LogP) is 4.19. The molecule has 3 aliphatic rings. The monoisotopic (exact) mass is 434 g/mol. The van der Waals surface area contributed by atoms with Gasteiger partial charge in [-0.25, -0.2) is 9.78 Å². The summed E-state index contributed by atoms with van der Waals surface area (Å²) < 4.78 is 5.16. The van der Waals surface area contributed by atoms with Crippen molar-refractivity contribution in [1.29, 1.82) is 0 Å². The number of likely N-dealkylation sites (tertiary alicyclic amines) is 1. The topological polar surface area (TPSA) is 48.9 Å². The van der Waals surface area contributed by atoms with E-state index in [1.54, 1.807) is 0 Å². The Bertz CT molecular complexity index is 964. The molecule has 3 fully saturated rings. The number of aromatic nitrogens is 1. The molecule has 6 nitrogen and oxygen atoms in total. The molecule has 2 saturated heterocycles. The van der Waals surface area contributed by atoms with Crippen molar-refractivity contribution in [2.24, 2.45) is 5.41 Å². The number of benzene rings is 1. The molecule has 1 spiro atoms. The summed E-state index contributed by atoms with van der Waals surface area (Å²) in [6.45, 7) is 10.4. The summed E-state index contributed by atoms with van der Waals surface area (Å²) in [5.41, 5.74) is 4.06. The minimum Gasteiger partial charge on any atom is -0.450 e. The zero-order chi connectivity index (χ0) is 22.1. The van der Waals surface area contributed by atoms with Crippen molar-refractivity contribution in [2.75, 3.05) is 50.8 Å². The average Bonchev–Trinajstić information content (AvgIpc) is 3.24. The highest BCUT2D eigenvalue weighted by molar-refractivity contribution is 5.76. The Labute approximate surface area is 191 Å². The van der Waals surface area contributed by atoms with Crippen molar-refractivity contribution in [3.8, 4) is 11.1 Å². The number of hydrogen-bond acceptors (Lipinski definition) is 5. The highest BCUT2D eigenvalue weighted by Gasteiger charge is 2.51. The number of piperazine rings is 1. The summed E-state index contributed by atoms with van der Waals surface area (Å²) in [6.07, 6.45) is 5.45. The van der Waals surface area contributed by atoms with E-state index in [4.69, 9.17) is 9.72 Å². The van der Waals surface area contributed by atoms with E-state index in [1.165, 1.54) is 36.0 Å². The second-order valence-corrected chi connectivity index (χ2v) is 9.72. The van der Waals surface area contributed by atoms with Crippen LogP contribution in [-0.4, -0.2) is 72.8 Å². The van der Waals surface area contributed by atoms with Gasteiger partial charge in [0.25, 0.3) is 0 Å². The molecular formula is C26H34N4O2. The number of rotatable bonds is 4. The number of nitrogens with zero attached hydrogens (tertiary/aromatic N) is 4. The maximum absolute atomic E-state index is 11.9. The van der Waals surface area contributed by atoms with Crippen molar-refractivity contribution in [3.63, 3.8) is 0 Å². The quantitative estimate of drug-likeness (QED) is 0.722. The van der Waals surface area contributed by atoms with Crippen molar-refractivity contribution < 1.29 is 9.53 Å². The molecule has 0 N–H and O–H groups in total. The number of ether oxygens (including phenoxy) is 1. The first-order valence-corrected chi connectivity index (χ1v) is 12.0. The number of amides is 1. The standard InChI is InChI=1S/C26H34N4O2/c1-3-32-25(31)30-18-26(19-30)10-9-22(17-26)28-12-14-29(15-13-28)24-23(8-5-11-27-24)21-7-4-6-20(2)16-21/h4-8,11,16,22H,3,9-10,12-15,17-19H2,1-2H3/t22-/m1/s1. The molecule has 5 rings (SSSR count). The van der Waals surface area contributed by atoms with Crippen molar-refractivity contribution in [1.82, 2.24) is 14.8 Å². The Morgan fingerprint density at radius 1 is 1.16 bits per heavy atom. The molecule has 32 heavy (non-hydrogen) atoms. The number of carbonyl (C=O) groups excluding carboxylic acids is 1. The van der Waals surface area contributed by atoms with Crippen LogP contribution in [0, 0.1) is 12.3 Å². The van der Waals surface area contributed by atoms with Gasteiger partial charge < -0.3 is 14.5 Å². The largest absolute Gasteiger partial charge is 0.450 e. The van der Waals surface area contributed by atoms with Crippen LogP contribution >= 0.6 is 0 Å². The molecule has 1 amide bonds. The van der Waals surface area contributed by atoms with Gasteiger partial charge in [0.05, 0.1) is 6.61 Å². The van der Waals surface area contributed by atoms with Crippen LogP contribution < -0.4 is 4.90 Å². The van der Waals surface area contributed by atoms with Gasteiger partial charge in [0.1, 0.15) is 5.82 Å². The van der Waals surface area contributed by atoms with Crippen LogP contribution in [0.3, 0.4) is 0 Å². The lowest BCUT2D eigenvalue weighted by molar-refractivity contribution is -0.00294. The van der Waals surface area contributed by atoms with Crippen LogP contribution in [-0.2, 0) is 4.74 Å². The molecule has 1 atom stereocenters. The predicted molar refractivity (Wildman–Crippen MR) is 127 cm³/mol. The van der Waals surface area contributed by atoms with Crippen LogP contribution in [0.4, 0.5) is 10.6 Å². The van der Waals surface area contributed by atoms with E-state index in [0.29, 0.717) is 18.1 Å². The van der Waals surface area contributed by atoms with Crippen molar-refractivity contribution in [2.45, 2.75) is 39.2 Å².